The highest BCUT2D eigenvalue weighted by Gasteiger charge is 2.46. The highest BCUT2D eigenvalue weighted by Crippen LogP contribution is 2.50. The van der Waals surface area contributed by atoms with Gasteiger partial charge in [-0.15, -0.1) is 0 Å². The lowest BCUT2D eigenvalue weighted by molar-refractivity contribution is 0.147. The van der Waals surface area contributed by atoms with Crippen molar-refractivity contribution in [2.75, 3.05) is 0 Å². The number of hydrogen-bond acceptors (Lipinski definition) is 1. The van der Waals surface area contributed by atoms with Gasteiger partial charge >= 0.3 is 0 Å². The first-order valence-electron chi connectivity index (χ1n) is 8.41. The van der Waals surface area contributed by atoms with Gasteiger partial charge in [0.1, 0.15) is 0 Å². The molecule has 1 heteroatoms. The first-order valence-corrected chi connectivity index (χ1v) is 8.41. The van der Waals surface area contributed by atoms with Crippen molar-refractivity contribution in [2.24, 2.45) is 29.6 Å². The molecule has 104 valence electrons. The average Bonchev–Trinajstić information content (AvgIpc) is 3.09. The van der Waals surface area contributed by atoms with Gasteiger partial charge in [0.2, 0.25) is 0 Å². The summed E-state index contributed by atoms with van der Waals surface area (Å²) in [6.07, 6.45) is 10.3. The molecule has 6 unspecified atom stereocenters. The SMILES string of the molecule is CC1CCC(C(C)C)C(NC2CCCC3CC32)C1. The number of rotatable bonds is 3. The van der Waals surface area contributed by atoms with Gasteiger partial charge in [-0.1, -0.05) is 40.0 Å². The van der Waals surface area contributed by atoms with Crippen LogP contribution in [0, 0.1) is 29.6 Å². The summed E-state index contributed by atoms with van der Waals surface area (Å²) >= 11 is 0. The van der Waals surface area contributed by atoms with E-state index in [0.717, 1.165) is 41.7 Å². The Morgan fingerprint density at radius 1 is 0.944 bits per heavy atom. The zero-order valence-electron chi connectivity index (χ0n) is 12.5. The van der Waals surface area contributed by atoms with Gasteiger partial charge in [0.05, 0.1) is 0 Å². The summed E-state index contributed by atoms with van der Waals surface area (Å²) in [5.74, 6) is 4.89. The molecule has 0 aromatic heterocycles. The van der Waals surface area contributed by atoms with Crippen molar-refractivity contribution in [2.45, 2.75) is 77.8 Å². The second-order valence-electron chi connectivity index (χ2n) is 7.80. The van der Waals surface area contributed by atoms with Crippen molar-refractivity contribution in [3.63, 3.8) is 0 Å². The monoisotopic (exact) mass is 249 g/mol. The molecular formula is C17H31N. The van der Waals surface area contributed by atoms with E-state index in [0.29, 0.717) is 0 Å². The molecule has 6 atom stereocenters. The topological polar surface area (TPSA) is 12.0 Å². The van der Waals surface area contributed by atoms with Crippen LogP contribution in [0.25, 0.3) is 0 Å². The molecule has 18 heavy (non-hydrogen) atoms. The van der Waals surface area contributed by atoms with E-state index in [1.54, 1.807) is 0 Å². The molecule has 0 aromatic carbocycles. The molecule has 3 aliphatic rings. The average molecular weight is 249 g/mol. The van der Waals surface area contributed by atoms with Crippen LogP contribution in [-0.4, -0.2) is 12.1 Å². The first kappa shape index (κ1) is 13.0. The summed E-state index contributed by atoms with van der Waals surface area (Å²) in [5.41, 5.74) is 0. The third-order valence-corrected chi connectivity index (χ3v) is 6.03. The summed E-state index contributed by atoms with van der Waals surface area (Å²) in [6.45, 7) is 7.30. The van der Waals surface area contributed by atoms with Crippen LogP contribution in [0.2, 0.25) is 0 Å². The van der Waals surface area contributed by atoms with Crippen molar-refractivity contribution in [1.82, 2.24) is 5.32 Å². The van der Waals surface area contributed by atoms with Crippen molar-refractivity contribution in [1.29, 1.82) is 0 Å². The van der Waals surface area contributed by atoms with Crippen molar-refractivity contribution in [3.8, 4) is 0 Å². The minimum absolute atomic E-state index is 0.818. The molecule has 3 rings (SSSR count). The normalized spacial score (nSPS) is 48.0. The van der Waals surface area contributed by atoms with E-state index >= 15 is 0 Å². The summed E-state index contributed by atoms with van der Waals surface area (Å²) < 4.78 is 0. The van der Waals surface area contributed by atoms with Crippen LogP contribution in [0.15, 0.2) is 0 Å². The minimum atomic E-state index is 0.818. The predicted molar refractivity (Wildman–Crippen MR) is 77.5 cm³/mol. The van der Waals surface area contributed by atoms with E-state index < -0.39 is 0 Å². The fraction of sp³-hybridized carbons (Fsp3) is 1.00. The standard InChI is InChI=1S/C17H31N/c1-11(2)14-8-7-12(3)9-17(14)18-16-6-4-5-13-10-15(13)16/h11-18H,4-10H2,1-3H3. The zero-order valence-corrected chi connectivity index (χ0v) is 12.5. The number of hydrogen-bond donors (Lipinski definition) is 1. The van der Waals surface area contributed by atoms with Gasteiger partial charge in [0.15, 0.2) is 0 Å². The Kier molecular flexibility index (Phi) is 3.71. The summed E-state index contributed by atoms with van der Waals surface area (Å²) in [7, 11) is 0. The third kappa shape index (κ3) is 2.61. The molecule has 3 saturated carbocycles. The maximum Gasteiger partial charge on any atom is 0.0103 e. The van der Waals surface area contributed by atoms with Crippen LogP contribution in [0.3, 0.4) is 0 Å². The minimum Gasteiger partial charge on any atom is -0.311 e. The fourth-order valence-electron chi connectivity index (χ4n) is 4.79. The lowest BCUT2D eigenvalue weighted by Gasteiger charge is -2.40. The molecule has 3 fully saturated rings. The molecule has 0 radical (unpaired) electrons. The Hall–Kier alpha value is -0.0400. The lowest BCUT2D eigenvalue weighted by atomic mass is 9.73. The summed E-state index contributed by atoms with van der Waals surface area (Å²) in [6, 6.07) is 1.69. The van der Waals surface area contributed by atoms with Crippen LogP contribution in [0.1, 0.15) is 65.7 Å². The maximum absolute atomic E-state index is 4.11. The van der Waals surface area contributed by atoms with Crippen LogP contribution in [0.4, 0.5) is 0 Å². The van der Waals surface area contributed by atoms with Crippen LogP contribution in [0.5, 0.6) is 0 Å². The second-order valence-corrected chi connectivity index (χ2v) is 7.80. The Bertz CT molecular complexity index is 285. The second kappa shape index (κ2) is 5.15. The lowest BCUT2D eigenvalue weighted by Crippen LogP contribution is -2.48. The van der Waals surface area contributed by atoms with E-state index in [4.69, 9.17) is 0 Å². The highest BCUT2D eigenvalue weighted by atomic mass is 15.0. The molecule has 3 aliphatic carbocycles. The molecule has 0 aliphatic heterocycles. The Labute approximate surface area is 113 Å². The van der Waals surface area contributed by atoms with Crippen LogP contribution < -0.4 is 5.32 Å². The predicted octanol–water partition coefficient (Wildman–Crippen LogP) is 4.23. The maximum atomic E-state index is 4.11. The molecule has 0 bridgehead atoms. The van der Waals surface area contributed by atoms with Gasteiger partial charge in [-0.2, -0.15) is 0 Å². The first-order chi connectivity index (χ1) is 8.65. The molecule has 0 spiro atoms. The summed E-state index contributed by atoms with van der Waals surface area (Å²) in [5, 5.41) is 4.11. The molecule has 0 heterocycles. The van der Waals surface area contributed by atoms with Crippen molar-refractivity contribution >= 4 is 0 Å². The summed E-state index contributed by atoms with van der Waals surface area (Å²) in [4.78, 5) is 0. The molecule has 0 aromatic rings. The molecule has 1 N–H and O–H groups in total. The van der Waals surface area contributed by atoms with Gasteiger partial charge in [0, 0.05) is 12.1 Å². The highest BCUT2D eigenvalue weighted by molar-refractivity contribution is 5.00. The zero-order chi connectivity index (χ0) is 12.7. The van der Waals surface area contributed by atoms with E-state index in [1.807, 2.05) is 0 Å². The largest absolute Gasteiger partial charge is 0.311 e. The van der Waals surface area contributed by atoms with Crippen LogP contribution >= 0.6 is 0 Å². The molecule has 0 saturated heterocycles. The van der Waals surface area contributed by atoms with Gasteiger partial charge in [0.25, 0.3) is 0 Å². The molecule has 0 amide bonds. The number of fused-ring (bicyclic) bond motifs is 1. The molecule has 1 nitrogen and oxygen atoms in total. The Morgan fingerprint density at radius 3 is 2.56 bits per heavy atom. The van der Waals surface area contributed by atoms with E-state index in [1.165, 1.54) is 44.9 Å². The van der Waals surface area contributed by atoms with Crippen molar-refractivity contribution < 1.29 is 0 Å². The molecular weight excluding hydrogens is 218 g/mol. The van der Waals surface area contributed by atoms with Crippen molar-refractivity contribution in [3.05, 3.63) is 0 Å². The van der Waals surface area contributed by atoms with E-state index in [9.17, 15) is 0 Å². The van der Waals surface area contributed by atoms with Gasteiger partial charge < -0.3 is 5.32 Å². The Morgan fingerprint density at radius 2 is 1.78 bits per heavy atom. The van der Waals surface area contributed by atoms with Crippen LogP contribution in [-0.2, 0) is 0 Å². The smallest absolute Gasteiger partial charge is 0.0103 e. The number of nitrogens with one attached hydrogen (secondary N) is 1. The van der Waals surface area contributed by atoms with Gasteiger partial charge in [-0.3, -0.25) is 0 Å². The third-order valence-electron chi connectivity index (χ3n) is 6.03. The van der Waals surface area contributed by atoms with E-state index in [-0.39, 0.29) is 0 Å². The Balaban J connectivity index is 1.61. The van der Waals surface area contributed by atoms with Gasteiger partial charge in [-0.05, 0) is 55.3 Å². The van der Waals surface area contributed by atoms with Gasteiger partial charge in [-0.25, -0.2) is 0 Å². The van der Waals surface area contributed by atoms with E-state index in [2.05, 4.69) is 26.1 Å². The fourth-order valence-corrected chi connectivity index (χ4v) is 4.79. The quantitative estimate of drug-likeness (QED) is 0.789.